The van der Waals surface area contributed by atoms with E-state index in [0.29, 0.717) is 0 Å². The van der Waals surface area contributed by atoms with Gasteiger partial charge in [-0.05, 0) is 16.2 Å². The Morgan fingerprint density at radius 3 is 2.00 bits per heavy atom. The summed E-state index contributed by atoms with van der Waals surface area (Å²) in [7, 11) is 0. The van der Waals surface area contributed by atoms with Crippen LogP contribution in [0.2, 0.25) is 0 Å². The lowest BCUT2D eigenvalue weighted by Crippen LogP contribution is -1.67. The molecule has 0 radical (unpaired) electrons. The van der Waals surface area contributed by atoms with Gasteiger partial charge in [0.2, 0.25) is 0 Å². The van der Waals surface area contributed by atoms with Gasteiger partial charge in [-0.2, -0.15) is 11.3 Å². The smallest absolute Gasteiger partial charge is 0.0157 e. The summed E-state index contributed by atoms with van der Waals surface area (Å²) in [5, 5.41) is 6.18. The third-order valence-electron chi connectivity index (χ3n) is 1.04. The Morgan fingerprint density at radius 1 is 1.00 bits per heavy atom. The van der Waals surface area contributed by atoms with Crippen molar-refractivity contribution in [2.75, 3.05) is 5.75 Å². The quantitative estimate of drug-likeness (QED) is 0.591. The first-order valence-electron chi connectivity index (χ1n) is 3.40. The molecule has 1 aliphatic heterocycles. The van der Waals surface area contributed by atoms with E-state index in [0.717, 1.165) is 5.75 Å². The standard InChI is InChI=1S/C5H6S.C4H4S/c1-2-4-6-5-3-1;1-2-4-5-3-1/h1-4H,5H2;1-4H. The van der Waals surface area contributed by atoms with Crippen molar-refractivity contribution in [3.05, 3.63) is 46.5 Å². The van der Waals surface area contributed by atoms with Gasteiger partial charge in [-0.1, -0.05) is 30.4 Å². The minimum absolute atomic E-state index is 1.15. The van der Waals surface area contributed by atoms with E-state index in [-0.39, 0.29) is 0 Å². The predicted octanol–water partition coefficient (Wildman–Crippen LogP) is 3.55. The summed E-state index contributed by atoms with van der Waals surface area (Å²) >= 11 is 3.54. The Kier molecular flexibility index (Phi) is 4.90. The van der Waals surface area contributed by atoms with Crippen LogP contribution in [0.25, 0.3) is 0 Å². The zero-order valence-corrected chi connectivity index (χ0v) is 7.78. The molecule has 0 saturated carbocycles. The Labute approximate surface area is 75.6 Å². The molecule has 0 aromatic carbocycles. The fourth-order valence-electron chi connectivity index (χ4n) is 0.573. The van der Waals surface area contributed by atoms with Gasteiger partial charge < -0.3 is 0 Å². The topological polar surface area (TPSA) is 0 Å². The maximum absolute atomic E-state index is 2.14. The highest BCUT2D eigenvalue weighted by Gasteiger charge is 1.77. The molecule has 2 rings (SSSR count). The Morgan fingerprint density at radius 2 is 1.82 bits per heavy atom. The largest absolute Gasteiger partial charge is 0.152 e. The molecule has 0 spiro atoms. The molecule has 0 atom stereocenters. The zero-order valence-electron chi connectivity index (χ0n) is 6.14. The second-order valence-corrected chi connectivity index (χ2v) is 3.64. The fraction of sp³-hybridized carbons (Fsp3) is 0.111. The van der Waals surface area contributed by atoms with Crippen LogP contribution in [-0.4, -0.2) is 5.75 Å². The van der Waals surface area contributed by atoms with E-state index in [1.807, 2.05) is 40.7 Å². The van der Waals surface area contributed by atoms with Gasteiger partial charge in [0.1, 0.15) is 0 Å². The molecule has 0 nitrogen and oxygen atoms in total. The maximum Gasteiger partial charge on any atom is 0.0157 e. The predicted molar refractivity (Wildman–Crippen MR) is 55.1 cm³/mol. The molecule has 11 heavy (non-hydrogen) atoms. The van der Waals surface area contributed by atoms with Crippen molar-refractivity contribution >= 4 is 23.1 Å². The summed E-state index contributed by atoms with van der Waals surface area (Å²) < 4.78 is 0. The Balaban J connectivity index is 0.000000112. The summed E-state index contributed by atoms with van der Waals surface area (Å²) in [6.07, 6.45) is 6.26. The molecule has 0 unspecified atom stereocenters. The van der Waals surface area contributed by atoms with E-state index in [1.54, 1.807) is 11.3 Å². The normalized spacial score (nSPS) is 13.8. The minimum atomic E-state index is 1.15. The van der Waals surface area contributed by atoms with Crippen LogP contribution in [0.1, 0.15) is 0 Å². The van der Waals surface area contributed by atoms with Crippen LogP contribution in [0.5, 0.6) is 0 Å². The van der Waals surface area contributed by atoms with Gasteiger partial charge in [0.15, 0.2) is 0 Å². The second kappa shape index (κ2) is 6.25. The lowest BCUT2D eigenvalue weighted by molar-refractivity contribution is 1.74. The summed E-state index contributed by atoms with van der Waals surface area (Å²) in [5.74, 6) is 1.15. The van der Waals surface area contributed by atoms with Gasteiger partial charge in [-0.3, -0.25) is 0 Å². The first kappa shape index (κ1) is 8.62. The SMILES string of the molecule is C1=CCSC=C1.c1ccsc1. The molecule has 0 bridgehead atoms. The summed E-state index contributed by atoms with van der Waals surface area (Å²) in [5.41, 5.74) is 0. The van der Waals surface area contributed by atoms with Crippen molar-refractivity contribution in [2.45, 2.75) is 0 Å². The molecule has 0 N–H and O–H groups in total. The second-order valence-electron chi connectivity index (χ2n) is 1.88. The molecule has 2 heterocycles. The van der Waals surface area contributed by atoms with Crippen LogP contribution in [0, 0.1) is 0 Å². The van der Waals surface area contributed by atoms with E-state index < -0.39 is 0 Å². The zero-order chi connectivity index (χ0) is 7.78. The lowest BCUT2D eigenvalue weighted by atomic mass is 10.5. The van der Waals surface area contributed by atoms with Gasteiger partial charge >= 0.3 is 0 Å². The van der Waals surface area contributed by atoms with E-state index >= 15 is 0 Å². The first-order chi connectivity index (χ1) is 5.50. The van der Waals surface area contributed by atoms with Gasteiger partial charge in [0.05, 0.1) is 0 Å². The maximum atomic E-state index is 2.14. The van der Waals surface area contributed by atoms with Crippen molar-refractivity contribution in [1.29, 1.82) is 0 Å². The summed E-state index contributed by atoms with van der Waals surface area (Å²) in [6.45, 7) is 0. The molecule has 0 saturated heterocycles. The molecular weight excluding hydrogens is 172 g/mol. The highest BCUT2D eigenvalue weighted by molar-refractivity contribution is 8.02. The number of rotatable bonds is 0. The molecule has 0 aliphatic carbocycles. The number of thioether (sulfide) groups is 1. The molecule has 1 aromatic rings. The molecule has 2 heteroatoms. The van der Waals surface area contributed by atoms with Crippen molar-refractivity contribution in [3.8, 4) is 0 Å². The fourth-order valence-corrected chi connectivity index (χ4v) is 1.56. The highest BCUT2D eigenvalue weighted by Crippen LogP contribution is 2.05. The number of hydrogen-bond donors (Lipinski definition) is 0. The van der Waals surface area contributed by atoms with Crippen molar-refractivity contribution < 1.29 is 0 Å². The first-order valence-corrected chi connectivity index (χ1v) is 5.40. The van der Waals surface area contributed by atoms with Crippen molar-refractivity contribution in [1.82, 2.24) is 0 Å². The highest BCUT2D eigenvalue weighted by atomic mass is 32.2. The third kappa shape index (κ3) is 4.87. The minimum Gasteiger partial charge on any atom is -0.152 e. The molecule has 1 aliphatic rings. The van der Waals surface area contributed by atoms with Gasteiger partial charge in [-0.25, -0.2) is 0 Å². The molecular formula is C9H10S2. The molecule has 1 aromatic heterocycles. The average molecular weight is 182 g/mol. The molecule has 0 fully saturated rings. The van der Waals surface area contributed by atoms with E-state index in [1.165, 1.54) is 0 Å². The monoisotopic (exact) mass is 182 g/mol. The van der Waals surface area contributed by atoms with Gasteiger partial charge in [0.25, 0.3) is 0 Å². The van der Waals surface area contributed by atoms with Crippen LogP contribution in [0.15, 0.2) is 46.5 Å². The summed E-state index contributed by atoms with van der Waals surface area (Å²) in [4.78, 5) is 0. The van der Waals surface area contributed by atoms with Crippen LogP contribution < -0.4 is 0 Å². The van der Waals surface area contributed by atoms with Crippen molar-refractivity contribution in [3.63, 3.8) is 0 Å². The Bertz CT molecular complexity index is 180. The van der Waals surface area contributed by atoms with Crippen LogP contribution in [0.3, 0.4) is 0 Å². The van der Waals surface area contributed by atoms with E-state index in [9.17, 15) is 0 Å². The Hall–Kier alpha value is -0.470. The third-order valence-corrected chi connectivity index (χ3v) is 2.40. The van der Waals surface area contributed by atoms with Crippen molar-refractivity contribution in [2.24, 2.45) is 0 Å². The number of hydrogen-bond acceptors (Lipinski definition) is 2. The molecule has 0 amide bonds. The van der Waals surface area contributed by atoms with E-state index in [2.05, 4.69) is 17.6 Å². The van der Waals surface area contributed by atoms with Gasteiger partial charge in [0, 0.05) is 5.75 Å². The lowest BCUT2D eigenvalue weighted by Gasteiger charge is -1.88. The number of thiophene rings is 1. The van der Waals surface area contributed by atoms with Gasteiger partial charge in [-0.15, -0.1) is 11.8 Å². The van der Waals surface area contributed by atoms with Crippen LogP contribution >= 0.6 is 23.1 Å². The van der Waals surface area contributed by atoms with Crippen LogP contribution in [-0.2, 0) is 0 Å². The van der Waals surface area contributed by atoms with E-state index in [4.69, 9.17) is 0 Å². The number of allylic oxidation sites excluding steroid dienone is 2. The van der Waals surface area contributed by atoms with Crippen LogP contribution in [0.4, 0.5) is 0 Å². The average Bonchev–Trinajstić information content (AvgIpc) is 2.64. The summed E-state index contributed by atoms with van der Waals surface area (Å²) in [6, 6.07) is 4.04. The molecule has 58 valence electrons.